The molecule has 1 saturated heterocycles. The normalized spacial score (nSPS) is 20.1. The van der Waals surface area contributed by atoms with Crippen LogP contribution >= 0.6 is 0 Å². The fraction of sp³-hybridized carbons (Fsp3) is 0.353. The first-order valence-corrected chi connectivity index (χ1v) is 6.89. The number of allylic oxidation sites excluding steroid dienone is 1. The summed E-state index contributed by atoms with van der Waals surface area (Å²) in [6.07, 6.45) is 6.22. The average Bonchev–Trinajstić information content (AvgIpc) is 2.95. The van der Waals surface area contributed by atoms with E-state index in [1.165, 1.54) is 18.8 Å². The van der Waals surface area contributed by atoms with Crippen molar-refractivity contribution in [3.05, 3.63) is 47.6 Å². The molecule has 0 amide bonds. The van der Waals surface area contributed by atoms with E-state index < -0.39 is 0 Å². The lowest BCUT2D eigenvalue weighted by Gasteiger charge is -2.07. The molecule has 0 N–H and O–H groups in total. The van der Waals surface area contributed by atoms with Crippen molar-refractivity contribution >= 4 is 12.0 Å². The smallest absolute Gasteiger partial charge is 0.330 e. The molecule has 1 aliphatic rings. The van der Waals surface area contributed by atoms with Gasteiger partial charge in [0, 0.05) is 12.0 Å². The first-order chi connectivity index (χ1) is 10.2. The third-order valence-electron chi connectivity index (χ3n) is 3.46. The SMILES string of the molecule is COC(=O)/C=C/C[C@H]1COC/C1=C\c1ccc(OC)cc1. The summed E-state index contributed by atoms with van der Waals surface area (Å²) < 4.78 is 15.3. The molecule has 0 saturated carbocycles. The Kier molecular flexibility index (Phi) is 5.58. The second-order valence-corrected chi connectivity index (χ2v) is 4.87. The number of methoxy groups -OCH3 is 2. The molecule has 112 valence electrons. The van der Waals surface area contributed by atoms with Crippen LogP contribution in [0.5, 0.6) is 5.75 Å². The van der Waals surface area contributed by atoms with Crippen molar-refractivity contribution in [1.82, 2.24) is 0 Å². The maximum absolute atomic E-state index is 11.1. The van der Waals surface area contributed by atoms with Gasteiger partial charge in [0.15, 0.2) is 0 Å². The van der Waals surface area contributed by atoms with Crippen LogP contribution in [0.15, 0.2) is 42.0 Å². The highest BCUT2D eigenvalue weighted by atomic mass is 16.5. The molecule has 1 aliphatic heterocycles. The predicted molar refractivity (Wildman–Crippen MR) is 81.1 cm³/mol. The molecule has 0 bridgehead atoms. The number of carbonyl (C=O) groups excluding carboxylic acids is 1. The Bertz CT molecular complexity index is 528. The molecule has 1 fully saturated rings. The van der Waals surface area contributed by atoms with Crippen LogP contribution < -0.4 is 4.74 Å². The quantitative estimate of drug-likeness (QED) is 0.617. The Morgan fingerprint density at radius 2 is 2.10 bits per heavy atom. The van der Waals surface area contributed by atoms with Gasteiger partial charge in [0.2, 0.25) is 0 Å². The summed E-state index contributed by atoms with van der Waals surface area (Å²) in [5.74, 6) is 0.833. The zero-order valence-electron chi connectivity index (χ0n) is 12.4. The summed E-state index contributed by atoms with van der Waals surface area (Å²) in [4.78, 5) is 11.1. The van der Waals surface area contributed by atoms with Crippen LogP contribution in [-0.2, 0) is 14.3 Å². The Morgan fingerprint density at radius 1 is 1.33 bits per heavy atom. The Labute approximate surface area is 125 Å². The van der Waals surface area contributed by atoms with E-state index in [0.29, 0.717) is 19.1 Å². The number of hydrogen-bond acceptors (Lipinski definition) is 4. The van der Waals surface area contributed by atoms with E-state index >= 15 is 0 Å². The maximum Gasteiger partial charge on any atom is 0.330 e. The average molecular weight is 288 g/mol. The van der Waals surface area contributed by atoms with E-state index in [9.17, 15) is 4.79 Å². The molecule has 4 nitrogen and oxygen atoms in total. The minimum atomic E-state index is -0.324. The van der Waals surface area contributed by atoms with Crippen LogP contribution in [0.1, 0.15) is 12.0 Å². The van der Waals surface area contributed by atoms with Crippen molar-refractivity contribution in [1.29, 1.82) is 0 Å². The molecule has 1 aromatic rings. The fourth-order valence-electron chi connectivity index (χ4n) is 2.23. The molecule has 0 radical (unpaired) electrons. The fourth-order valence-corrected chi connectivity index (χ4v) is 2.23. The standard InChI is InChI=1S/C17H20O4/c1-19-16-8-6-13(7-9-16)10-15-12-21-11-14(15)4-3-5-17(18)20-2/h3,5-10,14H,4,11-12H2,1-2H3/b5-3+,15-10+/t14-/m0/s1. The highest BCUT2D eigenvalue weighted by Crippen LogP contribution is 2.26. The molecular weight excluding hydrogens is 268 g/mol. The van der Waals surface area contributed by atoms with Crippen molar-refractivity contribution in [2.45, 2.75) is 6.42 Å². The number of hydrogen-bond donors (Lipinski definition) is 0. The number of ether oxygens (including phenoxy) is 3. The van der Waals surface area contributed by atoms with E-state index in [4.69, 9.17) is 9.47 Å². The van der Waals surface area contributed by atoms with Gasteiger partial charge in [-0.05, 0) is 29.7 Å². The second-order valence-electron chi connectivity index (χ2n) is 4.87. The lowest BCUT2D eigenvalue weighted by molar-refractivity contribution is -0.134. The van der Waals surface area contributed by atoms with Crippen molar-refractivity contribution in [2.24, 2.45) is 5.92 Å². The van der Waals surface area contributed by atoms with E-state index in [-0.39, 0.29) is 5.97 Å². The molecule has 1 atom stereocenters. The Morgan fingerprint density at radius 3 is 2.76 bits per heavy atom. The summed E-state index contributed by atoms with van der Waals surface area (Å²) in [7, 11) is 3.03. The van der Waals surface area contributed by atoms with Gasteiger partial charge in [-0.2, -0.15) is 0 Å². The highest BCUT2D eigenvalue weighted by Gasteiger charge is 2.20. The monoisotopic (exact) mass is 288 g/mol. The van der Waals surface area contributed by atoms with Crippen LogP contribution in [0, 0.1) is 5.92 Å². The van der Waals surface area contributed by atoms with Crippen LogP contribution in [0.4, 0.5) is 0 Å². The largest absolute Gasteiger partial charge is 0.497 e. The lowest BCUT2D eigenvalue weighted by atomic mass is 9.96. The summed E-state index contributed by atoms with van der Waals surface area (Å²) in [6.45, 7) is 1.33. The third kappa shape index (κ3) is 4.46. The Hall–Kier alpha value is -2.07. The number of benzene rings is 1. The van der Waals surface area contributed by atoms with Gasteiger partial charge < -0.3 is 14.2 Å². The molecular formula is C17H20O4. The van der Waals surface area contributed by atoms with Gasteiger partial charge in [-0.3, -0.25) is 0 Å². The summed E-state index contributed by atoms with van der Waals surface area (Å²) >= 11 is 0. The van der Waals surface area contributed by atoms with Gasteiger partial charge in [-0.1, -0.05) is 24.3 Å². The Balaban J connectivity index is 2.01. The lowest BCUT2D eigenvalue weighted by Crippen LogP contribution is -2.01. The van der Waals surface area contributed by atoms with Gasteiger partial charge in [0.05, 0.1) is 27.4 Å². The predicted octanol–water partition coefficient (Wildman–Crippen LogP) is 2.84. The molecule has 0 aliphatic carbocycles. The van der Waals surface area contributed by atoms with E-state index in [2.05, 4.69) is 10.8 Å². The zero-order chi connectivity index (χ0) is 15.1. The molecule has 4 heteroatoms. The zero-order valence-corrected chi connectivity index (χ0v) is 12.4. The van der Waals surface area contributed by atoms with Gasteiger partial charge in [-0.25, -0.2) is 4.79 Å². The molecule has 21 heavy (non-hydrogen) atoms. The first kappa shape index (κ1) is 15.3. The molecule has 1 heterocycles. The van der Waals surface area contributed by atoms with Gasteiger partial charge in [-0.15, -0.1) is 0 Å². The van der Waals surface area contributed by atoms with Gasteiger partial charge in [0.25, 0.3) is 0 Å². The van der Waals surface area contributed by atoms with E-state index in [1.807, 2.05) is 30.3 Å². The van der Waals surface area contributed by atoms with Gasteiger partial charge in [0.1, 0.15) is 5.75 Å². The minimum Gasteiger partial charge on any atom is -0.497 e. The van der Waals surface area contributed by atoms with Crippen LogP contribution in [0.2, 0.25) is 0 Å². The van der Waals surface area contributed by atoms with Crippen molar-refractivity contribution in [2.75, 3.05) is 27.4 Å². The van der Waals surface area contributed by atoms with Gasteiger partial charge >= 0.3 is 5.97 Å². The summed E-state index contributed by atoms with van der Waals surface area (Å²) in [5.41, 5.74) is 2.37. The highest BCUT2D eigenvalue weighted by molar-refractivity contribution is 5.81. The molecule has 0 aromatic heterocycles. The van der Waals surface area contributed by atoms with Crippen molar-refractivity contribution in [3.8, 4) is 5.75 Å². The van der Waals surface area contributed by atoms with Crippen LogP contribution in [-0.4, -0.2) is 33.4 Å². The van der Waals surface area contributed by atoms with Crippen LogP contribution in [0.25, 0.3) is 6.08 Å². The van der Waals surface area contributed by atoms with E-state index in [0.717, 1.165) is 17.7 Å². The molecule has 0 unspecified atom stereocenters. The number of rotatable bonds is 5. The molecule has 2 rings (SSSR count). The number of carbonyl (C=O) groups is 1. The summed E-state index contributed by atoms with van der Waals surface area (Å²) in [6, 6.07) is 7.92. The topological polar surface area (TPSA) is 44.8 Å². The first-order valence-electron chi connectivity index (χ1n) is 6.89. The maximum atomic E-state index is 11.1. The molecule has 1 aromatic carbocycles. The summed E-state index contributed by atoms with van der Waals surface area (Å²) in [5, 5.41) is 0. The number of esters is 1. The second kappa shape index (κ2) is 7.64. The van der Waals surface area contributed by atoms with Crippen molar-refractivity contribution < 1.29 is 19.0 Å². The minimum absolute atomic E-state index is 0.313. The third-order valence-corrected chi connectivity index (χ3v) is 3.46. The van der Waals surface area contributed by atoms with Crippen LogP contribution in [0.3, 0.4) is 0 Å². The molecule has 0 spiro atoms. The van der Waals surface area contributed by atoms with E-state index in [1.54, 1.807) is 7.11 Å². The van der Waals surface area contributed by atoms with Crippen molar-refractivity contribution in [3.63, 3.8) is 0 Å².